The largest absolute Gasteiger partial charge is 0.492 e. The average molecular weight is 331 g/mol. The molecule has 0 bridgehead atoms. The summed E-state index contributed by atoms with van der Waals surface area (Å²) in [6, 6.07) is 2.61. The molecule has 0 N–H and O–H groups in total. The van der Waals surface area contributed by atoms with Gasteiger partial charge >= 0.3 is 5.97 Å². The molecular formula is C14H16BrFO3. The highest BCUT2D eigenvalue weighted by molar-refractivity contribution is 9.10. The number of carbonyl (C=O) groups is 1. The Kier molecular flexibility index (Phi) is 5.11. The highest BCUT2D eigenvalue weighted by atomic mass is 79.9. The molecule has 5 heteroatoms. The number of carbonyl (C=O) groups excluding carboxylic acids is 1. The van der Waals surface area contributed by atoms with Gasteiger partial charge in [0.1, 0.15) is 5.75 Å². The van der Waals surface area contributed by atoms with Crippen molar-refractivity contribution in [1.29, 1.82) is 0 Å². The van der Waals surface area contributed by atoms with Gasteiger partial charge in [0.05, 0.1) is 17.0 Å². The second-order valence-electron chi connectivity index (χ2n) is 4.69. The molecule has 1 rings (SSSR count). The standard InChI is InChI=1S/C14H16BrFO3/c1-5-6-14(2,3)13(17)19-9-7-10(15)12(18-4)11(16)8-9/h5,7-8H,1,6H2,2-4H3. The molecule has 0 aliphatic carbocycles. The van der Waals surface area contributed by atoms with Gasteiger partial charge in [0, 0.05) is 6.07 Å². The van der Waals surface area contributed by atoms with E-state index >= 15 is 0 Å². The Hall–Kier alpha value is -1.36. The van der Waals surface area contributed by atoms with Crippen molar-refractivity contribution >= 4 is 21.9 Å². The summed E-state index contributed by atoms with van der Waals surface area (Å²) in [6.07, 6.45) is 2.12. The summed E-state index contributed by atoms with van der Waals surface area (Å²) in [5.74, 6) is -0.831. The van der Waals surface area contributed by atoms with Crippen molar-refractivity contribution in [1.82, 2.24) is 0 Å². The van der Waals surface area contributed by atoms with Crippen LogP contribution in [-0.4, -0.2) is 13.1 Å². The molecule has 0 amide bonds. The van der Waals surface area contributed by atoms with Crippen LogP contribution in [0.3, 0.4) is 0 Å². The zero-order chi connectivity index (χ0) is 14.6. The number of halogens is 2. The molecule has 0 aromatic heterocycles. The van der Waals surface area contributed by atoms with Crippen molar-refractivity contribution in [2.24, 2.45) is 5.41 Å². The third kappa shape index (κ3) is 3.80. The maximum absolute atomic E-state index is 13.6. The fourth-order valence-electron chi connectivity index (χ4n) is 1.48. The van der Waals surface area contributed by atoms with Crippen LogP contribution in [0.5, 0.6) is 11.5 Å². The minimum atomic E-state index is -0.704. The number of hydrogen-bond donors (Lipinski definition) is 0. The van der Waals surface area contributed by atoms with Crippen LogP contribution in [0, 0.1) is 11.2 Å². The van der Waals surface area contributed by atoms with Crippen molar-refractivity contribution in [3.8, 4) is 11.5 Å². The van der Waals surface area contributed by atoms with E-state index in [4.69, 9.17) is 9.47 Å². The molecule has 0 aliphatic rings. The zero-order valence-corrected chi connectivity index (χ0v) is 12.7. The predicted molar refractivity (Wildman–Crippen MR) is 74.9 cm³/mol. The smallest absolute Gasteiger partial charge is 0.317 e. The van der Waals surface area contributed by atoms with Gasteiger partial charge in [0.25, 0.3) is 0 Å². The molecular weight excluding hydrogens is 315 g/mol. The Labute approximate surface area is 120 Å². The lowest BCUT2D eigenvalue weighted by molar-refractivity contribution is -0.143. The van der Waals surface area contributed by atoms with Gasteiger partial charge < -0.3 is 9.47 Å². The van der Waals surface area contributed by atoms with E-state index in [1.165, 1.54) is 13.2 Å². The number of methoxy groups -OCH3 is 1. The lowest BCUT2D eigenvalue weighted by Crippen LogP contribution is -2.28. The first-order valence-corrected chi connectivity index (χ1v) is 6.47. The van der Waals surface area contributed by atoms with Crippen LogP contribution in [0.4, 0.5) is 4.39 Å². The molecule has 0 unspecified atom stereocenters. The average Bonchev–Trinajstić information content (AvgIpc) is 2.28. The normalized spacial score (nSPS) is 11.0. The number of rotatable bonds is 5. The fraction of sp³-hybridized carbons (Fsp3) is 0.357. The topological polar surface area (TPSA) is 35.5 Å². The summed E-state index contributed by atoms with van der Waals surface area (Å²) in [6.45, 7) is 7.08. The summed E-state index contributed by atoms with van der Waals surface area (Å²) in [7, 11) is 1.36. The molecule has 0 spiro atoms. The first kappa shape index (κ1) is 15.7. The third-order valence-corrected chi connectivity index (χ3v) is 3.18. The van der Waals surface area contributed by atoms with Gasteiger partial charge in [0.15, 0.2) is 11.6 Å². The second-order valence-corrected chi connectivity index (χ2v) is 5.54. The monoisotopic (exact) mass is 330 g/mol. The summed E-state index contributed by atoms with van der Waals surface area (Å²) in [4.78, 5) is 12.0. The van der Waals surface area contributed by atoms with Crippen LogP contribution < -0.4 is 9.47 Å². The van der Waals surface area contributed by atoms with E-state index in [1.807, 2.05) is 0 Å². The molecule has 19 heavy (non-hydrogen) atoms. The van der Waals surface area contributed by atoms with Gasteiger partial charge in [-0.1, -0.05) is 6.08 Å². The number of ether oxygens (including phenoxy) is 2. The lowest BCUT2D eigenvalue weighted by Gasteiger charge is -2.20. The highest BCUT2D eigenvalue weighted by Crippen LogP contribution is 2.33. The van der Waals surface area contributed by atoms with E-state index in [1.54, 1.807) is 19.9 Å². The van der Waals surface area contributed by atoms with Crippen LogP contribution in [0.2, 0.25) is 0 Å². The number of allylic oxidation sites excluding steroid dienone is 1. The Morgan fingerprint density at radius 2 is 2.16 bits per heavy atom. The minimum Gasteiger partial charge on any atom is -0.492 e. The number of esters is 1. The van der Waals surface area contributed by atoms with Crippen LogP contribution >= 0.6 is 15.9 Å². The van der Waals surface area contributed by atoms with Crippen LogP contribution in [-0.2, 0) is 4.79 Å². The Bertz CT molecular complexity index is 474. The second kappa shape index (κ2) is 6.19. The number of benzene rings is 1. The first-order valence-electron chi connectivity index (χ1n) is 5.68. The Balaban J connectivity index is 2.95. The van der Waals surface area contributed by atoms with E-state index < -0.39 is 17.2 Å². The lowest BCUT2D eigenvalue weighted by atomic mass is 9.90. The molecule has 0 atom stereocenters. The molecule has 0 saturated carbocycles. The molecule has 0 aliphatic heterocycles. The molecule has 0 heterocycles. The predicted octanol–water partition coefficient (Wildman–Crippen LogP) is 4.10. The van der Waals surface area contributed by atoms with Crippen molar-refractivity contribution in [2.75, 3.05) is 7.11 Å². The van der Waals surface area contributed by atoms with Crippen LogP contribution in [0.1, 0.15) is 20.3 Å². The summed E-state index contributed by atoms with van der Waals surface area (Å²) >= 11 is 3.16. The fourth-order valence-corrected chi connectivity index (χ4v) is 2.06. The van der Waals surface area contributed by atoms with Gasteiger partial charge in [-0.05, 0) is 42.3 Å². The molecule has 1 aromatic rings. The Morgan fingerprint density at radius 1 is 1.53 bits per heavy atom. The highest BCUT2D eigenvalue weighted by Gasteiger charge is 2.28. The van der Waals surface area contributed by atoms with Crippen molar-refractivity contribution in [2.45, 2.75) is 20.3 Å². The van der Waals surface area contributed by atoms with Crippen molar-refractivity contribution in [3.05, 3.63) is 35.1 Å². The third-order valence-electron chi connectivity index (χ3n) is 2.59. The van der Waals surface area contributed by atoms with Gasteiger partial charge in [-0.2, -0.15) is 0 Å². The Morgan fingerprint density at radius 3 is 2.63 bits per heavy atom. The molecule has 0 fully saturated rings. The maximum Gasteiger partial charge on any atom is 0.317 e. The van der Waals surface area contributed by atoms with Crippen molar-refractivity contribution < 1.29 is 18.7 Å². The van der Waals surface area contributed by atoms with E-state index in [0.717, 1.165) is 6.07 Å². The van der Waals surface area contributed by atoms with E-state index in [2.05, 4.69) is 22.5 Å². The molecule has 0 radical (unpaired) electrons. The van der Waals surface area contributed by atoms with E-state index in [0.29, 0.717) is 10.9 Å². The van der Waals surface area contributed by atoms with E-state index in [9.17, 15) is 9.18 Å². The molecule has 1 aromatic carbocycles. The minimum absolute atomic E-state index is 0.0742. The van der Waals surface area contributed by atoms with Gasteiger partial charge in [-0.25, -0.2) is 4.39 Å². The van der Waals surface area contributed by atoms with Gasteiger partial charge in [0.2, 0.25) is 0 Å². The van der Waals surface area contributed by atoms with Crippen LogP contribution in [0.15, 0.2) is 29.3 Å². The molecule has 104 valence electrons. The molecule has 0 saturated heterocycles. The quantitative estimate of drug-likeness (QED) is 0.463. The van der Waals surface area contributed by atoms with Gasteiger partial charge in [-0.3, -0.25) is 4.79 Å². The molecule has 3 nitrogen and oxygen atoms in total. The first-order chi connectivity index (χ1) is 8.81. The summed E-state index contributed by atoms with van der Waals surface area (Å²) in [5.41, 5.74) is -0.704. The zero-order valence-electron chi connectivity index (χ0n) is 11.1. The summed E-state index contributed by atoms with van der Waals surface area (Å²) in [5, 5.41) is 0. The van der Waals surface area contributed by atoms with E-state index in [-0.39, 0.29) is 11.5 Å². The van der Waals surface area contributed by atoms with Gasteiger partial charge in [-0.15, -0.1) is 6.58 Å². The van der Waals surface area contributed by atoms with Crippen LogP contribution in [0.25, 0.3) is 0 Å². The summed E-state index contributed by atoms with van der Waals surface area (Å²) < 4.78 is 24.1. The maximum atomic E-state index is 13.6. The number of hydrogen-bond acceptors (Lipinski definition) is 3. The SMILES string of the molecule is C=CCC(C)(C)C(=O)Oc1cc(F)c(OC)c(Br)c1. The van der Waals surface area contributed by atoms with Crippen molar-refractivity contribution in [3.63, 3.8) is 0 Å².